The summed E-state index contributed by atoms with van der Waals surface area (Å²) in [6.45, 7) is 9.41. The number of hydrogen-bond acceptors (Lipinski definition) is 22. The Morgan fingerprint density at radius 3 is 1.62 bits per heavy atom. The number of fused-ring (bicyclic) bond motifs is 4. The van der Waals surface area contributed by atoms with Gasteiger partial charge < -0.3 is 120 Å². The van der Waals surface area contributed by atoms with Crippen LogP contribution in [0.4, 0.5) is 0 Å². The van der Waals surface area contributed by atoms with Crippen molar-refractivity contribution in [3.8, 4) is 5.75 Å². The molecule has 0 bridgehead atoms. The van der Waals surface area contributed by atoms with E-state index in [1.165, 1.54) is 62.1 Å². The number of para-hydroxylation sites is 2. The summed E-state index contributed by atoms with van der Waals surface area (Å²) in [4.78, 5) is 260. The normalized spacial score (nSPS) is 25.4. The first-order valence-corrected chi connectivity index (χ1v) is 45.4. The second-order valence-corrected chi connectivity index (χ2v) is 35.5. The maximum absolute atomic E-state index is 15.8. The Morgan fingerprint density at radius 2 is 1.02 bits per heavy atom. The third-order valence-corrected chi connectivity index (χ3v) is 24.6. The van der Waals surface area contributed by atoms with E-state index in [0.717, 1.165) is 26.5 Å². The Hall–Kier alpha value is -12.2. The highest BCUT2D eigenvalue weighted by Gasteiger charge is 2.47. The minimum absolute atomic E-state index is 0.0405. The van der Waals surface area contributed by atoms with Gasteiger partial charge in [0, 0.05) is 99.9 Å². The molecule has 0 radical (unpaired) electrons. The zero-order valence-electron chi connectivity index (χ0n) is 75.3. The number of aromatic amines is 2. The summed E-state index contributed by atoms with van der Waals surface area (Å²) in [5, 5.41) is 60.2. The van der Waals surface area contributed by atoms with Gasteiger partial charge >= 0.3 is 0 Å². The molecular weight excluding hydrogens is 1700 g/mol. The number of phenolic OH excluding ortho intramolecular Hbond substituents is 1. The number of unbranched alkanes of at least 4 members (excludes halogenated alkanes) is 2. The fourth-order valence-electron chi connectivity index (χ4n) is 16.3. The number of H-pyrrole nitrogens is 2. The number of rotatable bonds is 24. The number of aliphatic hydroxyl groups excluding tert-OH is 2. The molecule has 3 saturated heterocycles. The molecule has 130 heavy (non-hydrogen) atoms. The van der Waals surface area contributed by atoms with Crippen LogP contribution in [0.3, 0.4) is 0 Å². The number of aromatic nitrogens is 2. The Labute approximate surface area is 758 Å². The minimum Gasteiger partial charge on any atom is -0.508 e. The van der Waals surface area contributed by atoms with E-state index in [2.05, 4.69) is 63.1 Å². The van der Waals surface area contributed by atoms with Gasteiger partial charge in [-0.2, -0.15) is 0 Å². The van der Waals surface area contributed by atoms with Gasteiger partial charge in [0.1, 0.15) is 90.3 Å². The number of carbonyl (C=O) groups excluding carboxylic acids is 17. The number of carbonyl (C=O) groups is 17. The molecule has 3 aliphatic rings. The van der Waals surface area contributed by atoms with Crippen molar-refractivity contribution in [1.82, 2.24) is 87.6 Å². The van der Waals surface area contributed by atoms with Crippen molar-refractivity contribution in [2.75, 3.05) is 65.4 Å². The Balaban J connectivity index is 1.18. The minimum atomic E-state index is -1.82. The molecule has 21 N–H and O–H groups in total. The SMILES string of the molecule is CCCC[C@H]1C(=O)N(C)[C@@H](CCCC)C(=O)N[C@@H](CC(C)C)C(=O)N[C@H](C(=O)NCC(N)=O)CSCC(=O)N[C@@H](Cc2ccc(O)cc2)C(=O)N(C)[C@@H](C)C(=O)N[C@@H](CC(N)=O)C(=O)N2CCC[C@H]2C(=O)N[C@@H](CO)C(=O)N[C@@H](CC(C)C)C(=O)N2C[C@H](O)C[C@H]2C(=O)N[C@@H](Cc2c[nH]c3ccccc23)C(=O)N[C@@H](CCN)C(=O)N[C@@H](Cc2c[nH]c3ccccc23)C(=O)N1C. The first-order valence-electron chi connectivity index (χ1n) is 44.2. The number of hydrogen-bond donors (Lipinski definition) is 18. The van der Waals surface area contributed by atoms with Crippen molar-refractivity contribution in [3.63, 3.8) is 0 Å². The highest BCUT2D eigenvalue weighted by atomic mass is 32.2. The van der Waals surface area contributed by atoms with Crippen LogP contribution in [-0.4, -0.2) is 306 Å². The fraction of sp³-hybridized carbons (Fsp3) is 0.562. The molecule has 3 aliphatic heterocycles. The van der Waals surface area contributed by atoms with Gasteiger partial charge in [0.05, 0.1) is 31.4 Å². The average Bonchev–Trinajstić information content (AvgIpc) is 1.58. The second kappa shape index (κ2) is 49.0. The van der Waals surface area contributed by atoms with Crippen LogP contribution in [0, 0.1) is 11.8 Å². The van der Waals surface area contributed by atoms with Crippen molar-refractivity contribution in [3.05, 3.63) is 102 Å². The molecule has 3 aromatic carbocycles. The van der Waals surface area contributed by atoms with Crippen LogP contribution in [0.5, 0.6) is 5.75 Å². The molecule has 8 rings (SSSR count). The van der Waals surface area contributed by atoms with Crippen LogP contribution in [0.1, 0.15) is 149 Å². The topological polar surface area (TPSA) is 597 Å². The van der Waals surface area contributed by atoms with Crippen molar-refractivity contribution in [1.29, 1.82) is 0 Å². The van der Waals surface area contributed by atoms with Gasteiger partial charge in [-0.05, 0) is 111 Å². The van der Waals surface area contributed by atoms with Crippen LogP contribution in [0.2, 0.25) is 0 Å². The van der Waals surface area contributed by atoms with E-state index in [1.54, 1.807) is 82.6 Å². The molecular formula is C89H128N20O20S. The molecule has 0 aliphatic carbocycles. The van der Waals surface area contributed by atoms with E-state index >= 15 is 33.6 Å². The molecule has 0 saturated carbocycles. The van der Waals surface area contributed by atoms with Gasteiger partial charge in [0.25, 0.3) is 0 Å². The number of phenols is 1. The summed E-state index contributed by atoms with van der Waals surface area (Å²) in [6.07, 6.45) is 1.62. The van der Waals surface area contributed by atoms with Crippen molar-refractivity contribution in [2.45, 2.75) is 242 Å². The number of thioether (sulfide) groups is 1. The number of aromatic hydroxyl groups is 1. The first-order chi connectivity index (χ1) is 61.8. The van der Waals surface area contributed by atoms with E-state index in [0.29, 0.717) is 64.2 Å². The zero-order valence-corrected chi connectivity index (χ0v) is 76.1. The van der Waals surface area contributed by atoms with E-state index in [1.807, 2.05) is 19.9 Å². The molecule has 40 nitrogen and oxygen atoms in total. The molecule has 15 atom stereocenters. The van der Waals surface area contributed by atoms with Crippen LogP contribution < -0.4 is 70.4 Å². The number of benzene rings is 3. The number of aliphatic hydroxyl groups is 2. The summed E-state index contributed by atoms with van der Waals surface area (Å²) >= 11 is 0.796. The largest absolute Gasteiger partial charge is 0.508 e. The van der Waals surface area contributed by atoms with Crippen LogP contribution in [0.25, 0.3) is 21.8 Å². The van der Waals surface area contributed by atoms with E-state index in [9.17, 15) is 63.3 Å². The van der Waals surface area contributed by atoms with Crippen molar-refractivity contribution >= 4 is 134 Å². The van der Waals surface area contributed by atoms with Gasteiger partial charge in [-0.25, -0.2) is 0 Å². The molecule has 2 aromatic heterocycles. The predicted octanol–water partition coefficient (Wildman–Crippen LogP) is -1.76. The third-order valence-electron chi connectivity index (χ3n) is 23.5. The van der Waals surface area contributed by atoms with Crippen LogP contribution in [-0.2, 0) is 101 Å². The predicted molar refractivity (Wildman–Crippen MR) is 481 cm³/mol. The van der Waals surface area contributed by atoms with E-state index < -0.39 is 229 Å². The van der Waals surface area contributed by atoms with Crippen molar-refractivity contribution in [2.24, 2.45) is 29.0 Å². The van der Waals surface area contributed by atoms with Gasteiger partial charge in [-0.15, -0.1) is 11.8 Å². The quantitative estimate of drug-likeness (QED) is 0.0325. The summed E-state index contributed by atoms with van der Waals surface area (Å²) in [5.41, 5.74) is 20.2. The maximum Gasteiger partial charge on any atom is 0.246 e. The molecule has 17 amide bonds. The third kappa shape index (κ3) is 28.4. The number of nitrogens with one attached hydrogen (secondary N) is 12. The average molecular weight is 1830 g/mol. The lowest BCUT2D eigenvalue weighted by molar-refractivity contribution is -0.149. The molecule has 3 fully saturated rings. The number of amides is 17. The molecule has 41 heteroatoms. The summed E-state index contributed by atoms with van der Waals surface area (Å²) < 4.78 is 0. The lowest BCUT2D eigenvalue weighted by Crippen LogP contribution is -2.61. The fourth-order valence-corrected chi connectivity index (χ4v) is 17.2. The number of nitrogens with zero attached hydrogens (tertiary/aromatic N) is 5. The Morgan fingerprint density at radius 1 is 0.523 bits per heavy atom. The van der Waals surface area contributed by atoms with Crippen LogP contribution in [0.15, 0.2) is 85.2 Å². The summed E-state index contributed by atoms with van der Waals surface area (Å²) in [5.74, 6) is -17.4. The molecule has 5 aromatic rings. The van der Waals surface area contributed by atoms with Crippen molar-refractivity contribution < 1.29 is 96.8 Å². The number of nitrogens with two attached hydrogens (primary N) is 3. The lowest BCUT2D eigenvalue weighted by Gasteiger charge is -2.36. The first kappa shape index (κ1) is 103. The zero-order chi connectivity index (χ0) is 95.5. The highest BCUT2D eigenvalue weighted by molar-refractivity contribution is 8.00. The lowest BCUT2D eigenvalue weighted by atomic mass is 9.99. The Kier molecular flexibility index (Phi) is 38.8. The second-order valence-electron chi connectivity index (χ2n) is 34.4. The van der Waals surface area contributed by atoms with E-state index in [4.69, 9.17) is 17.2 Å². The molecule has 5 heterocycles. The maximum atomic E-state index is 15.8. The standard InChI is InChI=1S/C89H128N20O20S/c1-11-13-24-69-82(122)98-61(34-48(3)4)79(119)104-68(77(117)95-43-74(92)114)46-130-47-75(115)96-64(36-51-27-29-54(111)30-28-51)85(125)105(8)50(7)76(116)100-66(40-73(91)113)87(127)108-33-19-26-70(108)83(123)103-67(45-110)81(121)101-63(35-49(5)6)88(128)109-44-55(112)39-72(109)84(124)99-62(37-52-41-93-58-22-17-15-20-56(52)58)80(120)97-60(31-32-90)78(118)102-65(38-53-42-94-59-23-18-16-21-57(53)59)86(126)107(10)71(25-14-12-2)89(129)106(69)9/h15-18,20-23,27-30,41-42,48-50,55,60-72,93-94,110-112H,11-14,19,24-26,31-40,43-47,90H2,1-10H3,(H2,91,113)(H2,92,114)(H,95,117)(H,96,115)(H,97,120)(H,98,122)(H,99,124)(H,100,116)(H,101,121)(H,102,118)(H,103,123)(H,104,119)/t50-,55+,60-,61-,62-,63-,64-,65-,66-,67-,68-,69-,70-,71-,72-/m0/s1. The number of likely N-dealkylation sites (N-methyl/N-ethyl adjacent to an activating group) is 3. The highest BCUT2D eigenvalue weighted by Crippen LogP contribution is 2.28. The monoisotopic (exact) mass is 1830 g/mol. The van der Waals surface area contributed by atoms with Gasteiger partial charge in [-0.3, -0.25) is 81.5 Å². The van der Waals surface area contributed by atoms with Crippen LogP contribution >= 0.6 is 11.8 Å². The molecule has 710 valence electrons. The van der Waals surface area contributed by atoms with Gasteiger partial charge in [0.2, 0.25) is 100 Å². The Bertz CT molecular complexity index is 4850. The molecule has 0 spiro atoms. The number of primary amides is 2. The summed E-state index contributed by atoms with van der Waals surface area (Å²) in [7, 11) is 4.00. The summed E-state index contributed by atoms with van der Waals surface area (Å²) in [6, 6.07) is -1.43. The van der Waals surface area contributed by atoms with Gasteiger partial charge in [0.15, 0.2) is 0 Å². The smallest absolute Gasteiger partial charge is 0.246 e. The van der Waals surface area contributed by atoms with Gasteiger partial charge in [-0.1, -0.05) is 116 Å². The molecule has 0 unspecified atom stereocenters. The van der Waals surface area contributed by atoms with E-state index in [-0.39, 0.29) is 101 Å².